The topological polar surface area (TPSA) is 87.3 Å². The standard InChI is InChI=1S/C8H11N3O3/c1-13-8(12)6(9)4-14-7-2-3-10-5-11-7/h2-3,5-6H,4,9H2,1H3. The fourth-order valence-corrected chi connectivity index (χ4v) is 0.759. The molecule has 2 N–H and O–H groups in total. The Morgan fingerprint density at radius 2 is 2.50 bits per heavy atom. The van der Waals surface area contributed by atoms with Crippen molar-refractivity contribution in [3.63, 3.8) is 0 Å². The predicted octanol–water partition coefficient (Wildman–Crippen LogP) is -0.644. The van der Waals surface area contributed by atoms with E-state index in [0.717, 1.165) is 0 Å². The number of hydrogen-bond acceptors (Lipinski definition) is 6. The predicted molar refractivity (Wildman–Crippen MR) is 47.5 cm³/mol. The van der Waals surface area contributed by atoms with E-state index in [-0.39, 0.29) is 6.61 Å². The maximum absolute atomic E-state index is 10.9. The Kier molecular flexibility index (Phi) is 3.81. The average molecular weight is 197 g/mol. The molecule has 1 unspecified atom stereocenters. The molecule has 0 saturated carbocycles. The van der Waals surface area contributed by atoms with Crippen LogP contribution < -0.4 is 10.5 Å². The summed E-state index contributed by atoms with van der Waals surface area (Å²) in [6.45, 7) is 0.0314. The van der Waals surface area contributed by atoms with Gasteiger partial charge in [-0.1, -0.05) is 0 Å². The van der Waals surface area contributed by atoms with E-state index in [1.807, 2.05) is 0 Å². The minimum absolute atomic E-state index is 0.0314. The molecule has 0 radical (unpaired) electrons. The van der Waals surface area contributed by atoms with Crippen molar-refractivity contribution in [2.24, 2.45) is 5.73 Å². The minimum Gasteiger partial charge on any atom is -0.475 e. The molecule has 0 aliphatic carbocycles. The van der Waals surface area contributed by atoms with Gasteiger partial charge in [-0.25, -0.2) is 9.97 Å². The molecule has 0 aliphatic rings. The molecule has 0 aliphatic heterocycles. The lowest BCUT2D eigenvalue weighted by Gasteiger charge is -2.09. The molecule has 0 aromatic carbocycles. The Hall–Kier alpha value is -1.69. The fraction of sp³-hybridized carbons (Fsp3) is 0.375. The molecule has 6 nitrogen and oxygen atoms in total. The van der Waals surface area contributed by atoms with Gasteiger partial charge in [-0.05, 0) is 0 Å². The van der Waals surface area contributed by atoms with Crippen LogP contribution in [-0.2, 0) is 9.53 Å². The van der Waals surface area contributed by atoms with Gasteiger partial charge in [0.2, 0.25) is 5.88 Å². The fourth-order valence-electron chi connectivity index (χ4n) is 0.759. The van der Waals surface area contributed by atoms with E-state index in [0.29, 0.717) is 5.88 Å². The summed E-state index contributed by atoms with van der Waals surface area (Å²) in [6.07, 6.45) is 2.88. The van der Waals surface area contributed by atoms with E-state index in [1.165, 1.54) is 19.6 Å². The van der Waals surface area contributed by atoms with Crippen LogP contribution in [0.1, 0.15) is 0 Å². The SMILES string of the molecule is COC(=O)C(N)COc1ccncn1. The second kappa shape index (κ2) is 5.13. The highest BCUT2D eigenvalue weighted by atomic mass is 16.5. The molecule has 1 atom stereocenters. The molecule has 0 spiro atoms. The van der Waals surface area contributed by atoms with Gasteiger partial charge in [-0.15, -0.1) is 0 Å². The number of rotatable bonds is 4. The molecule has 0 bridgehead atoms. The molecule has 1 aromatic heterocycles. The van der Waals surface area contributed by atoms with Crippen LogP contribution in [0.15, 0.2) is 18.6 Å². The van der Waals surface area contributed by atoms with Crippen LogP contribution in [0.3, 0.4) is 0 Å². The Morgan fingerprint density at radius 3 is 3.07 bits per heavy atom. The van der Waals surface area contributed by atoms with Gasteiger partial charge in [0.15, 0.2) is 0 Å². The molecule has 0 amide bonds. The number of nitrogens with two attached hydrogens (primary N) is 1. The number of ether oxygens (including phenoxy) is 2. The Labute approximate surface area is 81.1 Å². The first kappa shape index (κ1) is 10.4. The molecule has 0 fully saturated rings. The summed E-state index contributed by atoms with van der Waals surface area (Å²) in [7, 11) is 1.27. The van der Waals surface area contributed by atoms with Gasteiger partial charge in [0, 0.05) is 12.3 Å². The lowest BCUT2D eigenvalue weighted by molar-refractivity contribution is -0.142. The van der Waals surface area contributed by atoms with Crippen LogP contribution in [-0.4, -0.2) is 35.7 Å². The molecule has 14 heavy (non-hydrogen) atoms. The third kappa shape index (κ3) is 2.98. The molecule has 1 rings (SSSR count). The Morgan fingerprint density at radius 1 is 1.71 bits per heavy atom. The Balaban J connectivity index is 2.38. The lowest BCUT2D eigenvalue weighted by Crippen LogP contribution is -2.37. The van der Waals surface area contributed by atoms with Crippen molar-refractivity contribution in [3.8, 4) is 5.88 Å². The van der Waals surface area contributed by atoms with E-state index in [4.69, 9.17) is 10.5 Å². The molecule has 0 saturated heterocycles. The van der Waals surface area contributed by atoms with E-state index in [1.54, 1.807) is 6.07 Å². The molecular formula is C8H11N3O3. The van der Waals surface area contributed by atoms with Crippen molar-refractivity contribution in [1.29, 1.82) is 0 Å². The normalized spacial score (nSPS) is 11.9. The summed E-state index contributed by atoms with van der Waals surface area (Å²) in [4.78, 5) is 18.4. The van der Waals surface area contributed by atoms with Crippen LogP contribution in [0.25, 0.3) is 0 Å². The van der Waals surface area contributed by atoms with Crippen molar-refractivity contribution < 1.29 is 14.3 Å². The van der Waals surface area contributed by atoms with Crippen molar-refractivity contribution in [1.82, 2.24) is 9.97 Å². The quantitative estimate of drug-likeness (QED) is 0.646. The van der Waals surface area contributed by atoms with E-state index in [9.17, 15) is 4.79 Å². The van der Waals surface area contributed by atoms with Gasteiger partial charge in [0.25, 0.3) is 0 Å². The van der Waals surface area contributed by atoms with Crippen LogP contribution in [0, 0.1) is 0 Å². The van der Waals surface area contributed by atoms with Crippen molar-refractivity contribution in [2.45, 2.75) is 6.04 Å². The molecule has 76 valence electrons. The average Bonchev–Trinajstić information content (AvgIpc) is 2.26. The van der Waals surface area contributed by atoms with Crippen molar-refractivity contribution >= 4 is 5.97 Å². The zero-order valence-corrected chi connectivity index (χ0v) is 7.71. The number of aromatic nitrogens is 2. The van der Waals surface area contributed by atoms with Gasteiger partial charge < -0.3 is 15.2 Å². The first-order valence-electron chi connectivity index (χ1n) is 3.96. The van der Waals surface area contributed by atoms with Crippen LogP contribution in [0.2, 0.25) is 0 Å². The summed E-state index contributed by atoms with van der Waals surface area (Å²) in [6, 6.07) is 0.777. The summed E-state index contributed by atoms with van der Waals surface area (Å²) in [5, 5.41) is 0. The number of nitrogens with zero attached hydrogens (tertiary/aromatic N) is 2. The van der Waals surface area contributed by atoms with Crippen LogP contribution in [0.5, 0.6) is 5.88 Å². The first-order valence-corrected chi connectivity index (χ1v) is 3.96. The highest BCUT2D eigenvalue weighted by molar-refractivity contribution is 5.75. The van der Waals surface area contributed by atoms with Gasteiger partial charge in [0.05, 0.1) is 7.11 Å². The molecule has 6 heteroatoms. The summed E-state index contributed by atoms with van der Waals surface area (Å²) in [5.74, 6) is -0.140. The second-order valence-electron chi connectivity index (χ2n) is 2.49. The number of methoxy groups -OCH3 is 1. The van der Waals surface area contributed by atoms with E-state index < -0.39 is 12.0 Å². The smallest absolute Gasteiger partial charge is 0.326 e. The van der Waals surface area contributed by atoms with E-state index in [2.05, 4.69) is 14.7 Å². The number of carbonyl (C=O) groups is 1. The Bertz CT molecular complexity index is 291. The van der Waals surface area contributed by atoms with Gasteiger partial charge in [-0.2, -0.15) is 0 Å². The maximum atomic E-state index is 10.9. The zero-order valence-electron chi connectivity index (χ0n) is 7.71. The second-order valence-corrected chi connectivity index (χ2v) is 2.49. The third-order valence-corrected chi connectivity index (χ3v) is 1.47. The number of hydrogen-bond donors (Lipinski definition) is 1. The molecule has 1 heterocycles. The van der Waals surface area contributed by atoms with Crippen LogP contribution >= 0.6 is 0 Å². The number of carbonyl (C=O) groups excluding carboxylic acids is 1. The monoisotopic (exact) mass is 197 g/mol. The summed E-state index contributed by atoms with van der Waals surface area (Å²) < 4.78 is 9.54. The summed E-state index contributed by atoms with van der Waals surface area (Å²) >= 11 is 0. The highest BCUT2D eigenvalue weighted by Gasteiger charge is 2.14. The van der Waals surface area contributed by atoms with E-state index >= 15 is 0 Å². The van der Waals surface area contributed by atoms with Gasteiger partial charge >= 0.3 is 5.97 Å². The van der Waals surface area contributed by atoms with Crippen molar-refractivity contribution in [2.75, 3.05) is 13.7 Å². The molecule has 1 aromatic rings. The number of esters is 1. The van der Waals surface area contributed by atoms with Gasteiger partial charge in [-0.3, -0.25) is 4.79 Å². The third-order valence-electron chi connectivity index (χ3n) is 1.47. The first-order chi connectivity index (χ1) is 6.74. The zero-order chi connectivity index (χ0) is 10.4. The lowest BCUT2D eigenvalue weighted by atomic mass is 10.3. The summed E-state index contributed by atoms with van der Waals surface area (Å²) in [5.41, 5.74) is 5.43. The van der Waals surface area contributed by atoms with Gasteiger partial charge in [0.1, 0.15) is 19.0 Å². The highest BCUT2D eigenvalue weighted by Crippen LogP contribution is 2.01. The largest absolute Gasteiger partial charge is 0.475 e. The molecular weight excluding hydrogens is 186 g/mol. The van der Waals surface area contributed by atoms with Crippen molar-refractivity contribution in [3.05, 3.63) is 18.6 Å². The maximum Gasteiger partial charge on any atom is 0.326 e. The van der Waals surface area contributed by atoms with Crippen LogP contribution in [0.4, 0.5) is 0 Å². The minimum atomic E-state index is -0.796.